The fourth-order valence-corrected chi connectivity index (χ4v) is 6.31. The van der Waals surface area contributed by atoms with Gasteiger partial charge in [0.25, 0.3) is 0 Å². The van der Waals surface area contributed by atoms with Crippen LogP contribution in [0.25, 0.3) is 77.6 Å². The Bertz CT molecular complexity index is 2750. The number of ether oxygens (including phenoxy) is 1. The van der Waals surface area contributed by atoms with Gasteiger partial charge in [0, 0.05) is 89.0 Å². The summed E-state index contributed by atoms with van der Waals surface area (Å²) in [7, 11) is 1.38. The molecule has 0 bridgehead atoms. The normalized spacial score (nSPS) is 10.9. The number of aromatic nitrogens is 6. The van der Waals surface area contributed by atoms with Gasteiger partial charge >= 0.3 is 5.97 Å². The Morgan fingerprint density at radius 1 is 0.436 bits per heavy atom. The molecule has 0 amide bonds. The molecule has 8 nitrogen and oxygen atoms in total. The number of carbonyl (C=O) groups is 1. The molecule has 0 N–H and O–H groups in total. The minimum atomic E-state index is -0.333. The van der Waals surface area contributed by atoms with E-state index in [9.17, 15) is 4.79 Å². The SMILES string of the molecule is COC(=O)c1ccc(/C=C/c2ccnc3c2ccc2cccnc23)cc1.[Ru].c1cnc2c(c1)ccc1cccnc12.c1cnc2c(c1)ccc1cccnc12. The van der Waals surface area contributed by atoms with Crippen molar-refractivity contribution in [3.05, 3.63) is 181 Å². The van der Waals surface area contributed by atoms with Gasteiger partial charge in [-0.05, 0) is 59.7 Å². The Hall–Kier alpha value is -6.83. The van der Waals surface area contributed by atoms with Gasteiger partial charge in [0.2, 0.25) is 0 Å². The quantitative estimate of drug-likeness (QED) is 0.0988. The summed E-state index contributed by atoms with van der Waals surface area (Å²) in [5.41, 5.74) is 8.32. The third-order valence-electron chi connectivity index (χ3n) is 8.99. The summed E-state index contributed by atoms with van der Waals surface area (Å²) in [5, 5.41) is 6.68. The van der Waals surface area contributed by atoms with E-state index in [4.69, 9.17) is 4.74 Å². The van der Waals surface area contributed by atoms with E-state index in [0.29, 0.717) is 5.56 Å². The zero-order valence-electron chi connectivity index (χ0n) is 29.6. The first-order valence-electron chi connectivity index (χ1n) is 17.3. The summed E-state index contributed by atoms with van der Waals surface area (Å²) >= 11 is 0. The van der Waals surface area contributed by atoms with Gasteiger partial charge < -0.3 is 4.74 Å². The summed E-state index contributed by atoms with van der Waals surface area (Å²) in [6, 6.07) is 41.7. The molecule has 4 aromatic carbocycles. The molecule has 0 fully saturated rings. The fraction of sp³-hybridized carbons (Fsp3) is 0.0217. The van der Waals surface area contributed by atoms with Gasteiger partial charge in [-0.1, -0.05) is 91.0 Å². The summed E-state index contributed by atoms with van der Waals surface area (Å²) in [4.78, 5) is 37.9. The second-order valence-corrected chi connectivity index (χ2v) is 12.3. The predicted octanol–water partition coefficient (Wildman–Crippen LogP) is 10.3. The van der Waals surface area contributed by atoms with Crippen molar-refractivity contribution in [3.8, 4) is 0 Å². The van der Waals surface area contributed by atoms with Crippen LogP contribution < -0.4 is 0 Å². The first-order valence-corrected chi connectivity index (χ1v) is 17.3. The summed E-state index contributed by atoms with van der Waals surface area (Å²) in [6.45, 7) is 0. The molecule has 0 unspecified atom stereocenters. The molecule has 55 heavy (non-hydrogen) atoms. The number of carbonyl (C=O) groups excluding carboxylic acids is 1. The number of hydrogen-bond acceptors (Lipinski definition) is 8. The molecule has 10 aromatic rings. The molecule has 10 rings (SSSR count). The zero-order valence-corrected chi connectivity index (χ0v) is 31.3. The Morgan fingerprint density at radius 2 is 0.818 bits per heavy atom. The molecule has 9 heteroatoms. The van der Waals surface area contributed by atoms with Gasteiger partial charge in [0.15, 0.2) is 0 Å². The predicted molar refractivity (Wildman–Crippen MR) is 218 cm³/mol. The van der Waals surface area contributed by atoms with Gasteiger partial charge in [-0.15, -0.1) is 0 Å². The first kappa shape index (κ1) is 36.5. The minimum Gasteiger partial charge on any atom is -0.465 e. The van der Waals surface area contributed by atoms with E-state index >= 15 is 0 Å². The number of fused-ring (bicyclic) bond motifs is 9. The van der Waals surface area contributed by atoms with Crippen molar-refractivity contribution in [1.29, 1.82) is 0 Å². The standard InChI is InChI=1S/C22H16N2O2.2C12H8N2.Ru/c1-26-22(25)18-8-5-15(6-9-18)4-7-16-12-14-24-21-19(16)11-10-17-3-2-13-23-20(17)21;2*1-3-9-5-6-10-4-2-8-14-12(10)11(9)13-7-1;/h2-14H,1H3;2*1-8H;/b7-4+;;;. The molecule has 0 aliphatic rings. The van der Waals surface area contributed by atoms with Crippen LogP contribution >= 0.6 is 0 Å². The van der Waals surface area contributed by atoms with E-state index in [0.717, 1.165) is 76.5 Å². The monoisotopic (exact) mass is 802 g/mol. The van der Waals surface area contributed by atoms with Crippen LogP contribution in [0.1, 0.15) is 21.5 Å². The Kier molecular flexibility index (Phi) is 11.2. The van der Waals surface area contributed by atoms with Gasteiger partial charge in [-0.2, -0.15) is 0 Å². The van der Waals surface area contributed by atoms with Gasteiger partial charge in [0.1, 0.15) is 0 Å². The zero-order chi connectivity index (χ0) is 36.7. The number of benzene rings is 4. The molecule has 0 radical (unpaired) electrons. The minimum absolute atomic E-state index is 0. The molecule has 6 heterocycles. The van der Waals surface area contributed by atoms with E-state index < -0.39 is 0 Å². The second-order valence-electron chi connectivity index (χ2n) is 12.3. The van der Waals surface area contributed by atoms with Crippen molar-refractivity contribution in [1.82, 2.24) is 29.9 Å². The van der Waals surface area contributed by atoms with Crippen molar-refractivity contribution < 1.29 is 29.0 Å². The molecule has 0 saturated heterocycles. The summed E-state index contributed by atoms with van der Waals surface area (Å²) in [6.07, 6.45) is 14.9. The third-order valence-corrected chi connectivity index (χ3v) is 8.99. The van der Waals surface area contributed by atoms with Crippen molar-refractivity contribution in [2.24, 2.45) is 0 Å². The summed E-state index contributed by atoms with van der Waals surface area (Å²) in [5.74, 6) is -0.333. The van der Waals surface area contributed by atoms with E-state index in [-0.39, 0.29) is 25.4 Å². The molecule has 0 aliphatic heterocycles. The Labute approximate surface area is 329 Å². The van der Waals surface area contributed by atoms with Crippen LogP contribution in [0.4, 0.5) is 0 Å². The first-order chi connectivity index (χ1) is 26.7. The number of pyridine rings is 6. The third kappa shape index (κ3) is 7.93. The number of hydrogen-bond donors (Lipinski definition) is 0. The summed E-state index contributed by atoms with van der Waals surface area (Å²) < 4.78 is 4.72. The van der Waals surface area contributed by atoms with Gasteiger partial charge in [-0.3, -0.25) is 29.9 Å². The molecule has 0 saturated carbocycles. The smallest absolute Gasteiger partial charge is 0.337 e. The topological polar surface area (TPSA) is 104 Å². The number of methoxy groups -OCH3 is 1. The molecule has 6 aromatic heterocycles. The second kappa shape index (κ2) is 16.9. The molecule has 0 atom stereocenters. The molecule has 266 valence electrons. The van der Waals surface area contributed by atoms with Gasteiger partial charge in [0.05, 0.1) is 45.8 Å². The molecule has 0 aliphatic carbocycles. The van der Waals surface area contributed by atoms with Gasteiger partial charge in [-0.25, -0.2) is 4.79 Å². The Morgan fingerprint density at radius 3 is 1.24 bits per heavy atom. The van der Waals surface area contributed by atoms with E-state index in [1.165, 1.54) is 7.11 Å². The van der Waals surface area contributed by atoms with Crippen LogP contribution in [0.3, 0.4) is 0 Å². The number of rotatable bonds is 3. The van der Waals surface area contributed by atoms with Crippen LogP contribution in [-0.4, -0.2) is 43.0 Å². The Balaban J connectivity index is 0.000000136. The van der Waals surface area contributed by atoms with Crippen LogP contribution in [0.2, 0.25) is 0 Å². The molecular formula is C46H32N6O2Ru. The van der Waals surface area contributed by atoms with Crippen LogP contribution in [0.5, 0.6) is 0 Å². The van der Waals surface area contributed by atoms with E-state index in [1.54, 1.807) is 49.3 Å². The largest absolute Gasteiger partial charge is 0.465 e. The average molecular weight is 802 g/mol. The van der Waals surface area contributed by atoms with E-state index in [2.05, 4.69) is 90.6 Å². The van der Waals surface area contributed by atoms with Crippen LogP contribution in [0, 0.1) is 0 Å². The molecule has 0 spiro atoms. The van der Waals surface area contributed by atoms with Crippen molar-refractivity contribution in [2.45, 2.75) is 0 Å². The fourth-order valence-electron chi connectivity index (χ4n) is 6.31. The van der Waals surface area contributed by atoms with Crippen molar-refractivity contribution in [3.63, 3.8) is 0 Å². The average Bonchev–Trinajstić information content (AvgIpc) is 3.26. The maximum absolute atomic E-state index is 11.5. The molecular weight excluding hydrogens is 770 g/mol. The van der Waals surface area contributed by atoms with Crippen molar-refractivity contribution >= 4 is 83.5 Å². The maximum Gasteiger partial charge on any atom is 0.337 e. The number of nitrogens with zero attached hydrogens (tertiary/aromatic N) is 6. The maximum atomic E-state index is 11.5. The van der Waals surface area contributed by atoms with Crippen LogP contribution in [0.15, 0.2) is 165 Å². The van der Waals surface area contributed by atoms with Crippen LogP contribution in [-0.2, 0) is 24.2 Å². The van der Waals surface area contributed by atoms with Crippen molar-refractivity contribution in [2.75, 3.05) is 7.11 Å². The number of esters is 1. The van der Waals surface area contributed by atoms with E-state index in [1.807, 2.05) is 66.7 Å².